The van der Waals surface area contributed by atoms with Gasteiger partial charge < -0.3 is 10.2 Å². The van der Waals surface area contributed by atoms with E-state index in [4.69, 9.17) is 0 Å². The summed E-state index contributed by atoms with van der Waals surface area (Å²) < 4.78 is 0. The lowest BCUT2D eigenvalue weighted by Crippen LogP contribution is -2.50. The number of H-pyrrole nitrogens is 1. The third-order valence-corrected chi connectivity index (χ3v) is 4.40. The predicted molar refractivity (Wildman–Crippen MR) is 79.2 cm³/mol. The third kappa shape index (κ3) is 3.39. The molecule has 112 valence electrons. The van der Waals surface area contributed by atoms with Crippen molar-refractivity contribution in [2.75, 3.05) is 13.1 Å². The Hall–Kier alpha value is -1.36. The summed E-state index contributed by atoms with van der Waals surface area (Å²) in [5.41, 5.74) is 2.36. The zero-order chi connectivity index (χ0) is 14.5. The van der Waals surface area contributed by atoms with Gasteiger partial charge in [0.05, 0.1) is 6.20 Å². The molecule has 2 N–H and O–H groups in total. The van der Waals surface area contributed by atoms with E-state index >= 15 is 0 Å². The molecule has 0 radical (unpaired) electrons. The van der Waals surface area contributed by atoms with Crippen molar-refractivity contribution in [3.63, 3.8) is 0 Å². The van der Waals surface area contributed by atoms with Gasteiger partial charge in [0.25, 0.3) is 0 Å². The molecule has 1 amide bonds. The molecule has 1 fully saturated rings. The topological polar surface area (TPSA) is 61.0 Å². The number of carbonyl (C=O) groups is 1. The van der Waals surface area contributed by atoms with Crippen LogP contribution in [-0.2, 0) is 11.3 Å². The van der Waals surface area contributed by atoms with Gasteiger partial charge in [0.15, 0.2) is 0 Å². The number of amides is 1. The first kappa shape index (κ1) is 15.0. The van der Waals surface area contributed by atoms with E-state index in [0.717, 1.165) is 38.2 Å². The number of aromatic nitrogens is 2. The van der Waals surface area contributed by atoms with E-state index in [1.165, 1.54) is 5.56 Å². The number of carbonyl (C=O) groups excluding carboxylic acids is 1. The maximum Gasteiger partial charge on any atom is 0.222 e. The van der Waals surface area contributed by atoms with Gasteiger partial charge >= 0.3 is 0 Å². The highest BCUT2D eigenvalue weighted by Crippen LogP contribution is 2.21. The molecule has 0 aromatic carbocycles. The molecule has 5 nitrogen and oxygen atoms in total. The number of aromatic amines is 1. The van der Waals surface area contributed by atoms with Gasteiger partial charge in [-0.25, -0.2) is 0 Å². The molecule has 0 saturated carbocycles. The van der Waals surface area contributed by atoms with Crippen molar-refractivity contribution < 1.29 is 4.79 Å². The Morgan fingerprint density at radius 1 is 1.55 bits per heavy atom. The molecule has 1 aliphatic heterocycles. The highest BCUT2D eigenvalue weighted by atomic mass is 16.2. The molecule has 2 atom stereocenters. The largest absolute Gasteiger partial charge is 0.342 e. The first-order chi connectivity index (χ1) is 9.65. The predicted octanol–water partition coefficient (Wildman–Crippen LogP) is 1.84. The zero-order valence-corrected chi connectivity index (χ0v) is 12.8. The summed E-state index contributed by atoms with van der Waals surface area (Å²) in [6.45, 7) is 8.82. The first-order valence-corrected chi connectivity index (χ1v) is 7.65. The summed E-state index contributed by atoms with van der Waals surface area (Å²) >= 11 is 0. The van der Waals surface area contributed by atoms with Crippen LogP contribution in [0.5, 0.6) is 0 Å². The quantitative estimate of drug-likeness (QED) is 0.864. The van der Waals surface area contributed by atoms with Crippen molar-refractivity contribution in [3.8, 4) is 0 Å². The minimum absolute atomic E-state index is 0.285. The summed E-state index contributed by atoms with van der Waals surface area (Å²) in [5, 5.41) is 10.7. The Labute approximate surface area is 121 Å². The second kappa shape index (κ2) is 6.88. The van der Waals surface area contributed by atoms with Crippen LogP contribution in [0.2, 0.25) is 0 Å². The van der Waals surface area contributed by atoms with Crippen LogP contribution < -0.4 is 5.32 Å². The van der Waals surface area contributed by atoms with Crippen molar-refractivity contribution in [2.45, 2.75) is 52.6 Å². The van der Waals surface area contributed by atoms with Gasteiger partial charge in [0.2, 0.25) is 5.91 Å². The number of nitrogens with zero attached hydrogens (tertiary/aromatic N) is 2. The van der Waals surface area contributed by atoms with Gasteiger partial charge in [-0.05, 0) is 19.3 Å². The molecular formula is C15H26N4O. The average molecular weight is 278 g/mol. The second-order valence-electron chi connectivity index (χ2n) is 5.66. The molecule has 1 aromatic rings. The summed E-state index contributed by atoms with van der Waals surface area (Å²) in [4.78, 5) is 13.8. The molecule has 1 aliphatic rings. The van der Waals surface area contributed by atoms with Crippen LogP contribution in [0.3, 0.4) is 0 Å². The monoisotopic (exact) mass is 278 g/mol. The van der Waals surface area contributed by atoms with E-state index in [1.807, 2.05) is 24.9 Å². The SMILES string of the molecule is CCC(=O)N1CC[C@H](NCc2cn[nH]c2C)[C@H](CC)C1. The molecule has 5 heteroatoms. The van der Waals surface area contributed by atoms with Crippen molar-refractivity contribution >= 4 is 5.91 Å². The smallest absolute Gasteiger partial charge is 0.222 e. The van der Waals surface area contributed by atoms with E-state index < -0.39 is 0 Å². The van der Waals surface area contributed by atoms with E-state index in [1.54, 1.807) is 0 Å². The lowest BCUT2D eigenvalue weighted by molar-refractivity contribution is -0.133. The van der Waals surface area contributed by atoms with E-state index in [2.05, 4.69) is 22.4 Å². The number of aryl methyl sites for hydroxylation is 1. The first-order valence-electron chi connectivity index (χ1n) is 7.65. The van der Waals surface area contributed by atoms with Crippen molar-refractivity contribution in [3.05, 3.63) is 17.5 Å². The summed E-state index contributed by atoms with van der Waals surface area (Å²) in [7, 11) is 0. The normalized spacial score (nSPS) is 23.1. The van der Waals surface area contributed by atoms with Crippen molar-refractivity contribution in [2.24, 2.45) is 5.92 Å². The van der Waals surface area contributed by atoms with Gasteiger partial charge in [0.1, 0.15) is 0 Å². The maximum absolute atomic E-state index is 11.8. The number of hydrogen-bond donors (Lipinski definition) is 2. The number of rotatable bonds is 5. The Kier molecular flexibility index (Phi) is 5.17. The van der Waals surface area contributed by atoms with Gasteiger partial charge in [-0.3, -0.25) is 9.89 Å². The van der Waals surface area contributed by atoms with E-state index in [0.29, 0.717) is 18.4 Å². The molecular weight excluding hydrogens is 252 g/mol. The minimum Gasteiger partial charge on any atom is -0.342 e. The molecule has 0 unspecified atom stereocenters. The van der Waals surface area contributed by atoms with Gasteiger partial charge in [-0.2, -0.15) is 5.10 Å². The standard InChI is InChI=1S/C15H26N4O/c1-4-12-10-19(15(20)5-2)7-6-14(12)16-8-13-9-17-18-11(13)3/h9,12,14,16H,4-8,10H2,1-3H3,(H,17,18)/t12-,14+/m1/s1. The number of likely N-dealkylation sites (tertiary alicyclic amines) is 1. The molecule has 20 heavy (non-hydrogen) atoms. The average Bonchev–Trinajstić information content (AvgIpc) is 2.89. The van der Waals surface area contributed by atoms with Crippen LogP contribution in [0.25, 0.3) is 0 Å². The number of hydrogen-bond acceptors (Lipinski definition) is 3. The maximum atomic E-state index is 11.8. The molecule has 1 aromatic heterocycles. The Bertz CT molecular complexity index is 443. The molecule has 0 spiro atoms. The Morgan fingerprint density at radius 2 is 2.35 bits per heavy atom. The van der Waals surface area contributed by atoms with Crippen molar-refractivity contribution in [1.29, 1.82) is 0 Å². The Morgan fingerprint density at radius 3 is 2.95 bits per heavy atom. The fraction of sp³-hybridized carbons (Fsp3) is 0.733. The van der Waals surface area contributed by atoms with Crippen LogP contribution in [0, 0.1) is 12.8 Å². The van der Waals surface area contributed by atoms with Crippen LogP contribution in [0.15, 0.2) is 6.20 Å². The van der Waals surface area contributed by atoms with E-state index in [9.17, 15) is 4.79 Å². The highest BCUT2D eigenvalue weighted by Gasteiger charge is 2.29. The molecule has 0 bridgehead atoms. The fourth-order valence-electron chi connectivity index (χ4n) is 2.96. The minimum atomic E-state index is 0.285. The lowest BCUT2D eigenvalue weighted by Gasteiger charge is -2.38. The van der Waals surface area contributed by atoms with Crippen LogP contribution in [-0.4, -0.2) is 40.1 Å². The second-order valence-corrected chi connectivity index (χ2v) is 5.66. The number of piperidine rings is 1. The third-order valence-electron chi connectivity index (χ3n) is 4.40. The summed E-state index contributed by atoms with van der Waals surface area (Å²) in [6.07, 6.45) is 4.65. The Balaban J connectivity index is 1.89. The van der Waals surface area contributed by atoms with Crippen molar-refractivity contribution in [1.82, 2.24) is 20.4 Å². The van der Waals surface area contributed by atoms with Crippen LogP contribution in [0.4, 0.5) is 0 Å². The van der Waals surface area contributed by atoms with Gasteiger partial charge in [-0.1, -0.05) is 20.3 Å². The summed E-state index contributed by atoms with van der Waals surface area (Å²) in [5.74, 6) is 0.832. The summed E-state index contributed by atoms with van der Waals surface area (Å²) in [6, 6.07) is 0.496. The molecule has 0 aliphatic carbocycles. The molecule has 1 saturated heterocycles. The molecule has 2 heterocycles. The molecule has 2 rings (SSSR count). The highest BCUT2D eigenvalue weighted by molar-refractivity contribution is 5.75. The van der Waals surface area contributed by atoms with E-state index in [-0.39, 0.29) is 5.91 Å². The van der Waals surface area contributed by atoms with Gasteiger partial charge in [0, 0.05) is 43.4 Å². The van der Waals surface area contributed by atoms with Gasteiger partial charge in [-0.15, -0.1) is 0 Å². The zero-order valence-electron chi connectivity index (χ0n) is 12.8. The lowest BCUT2D eigenvalue weighted by atomic mass is 9.89. The van der Waals surface area contributed by atoms with Crippen LogP contribution in [0.1, 0.15) is 44.4 Å². The van der Waals surface area contributed by atoms with Crippen LogP contribution >= 0.6 is 0 Å². The number of nitrogens with one attached hydrogen (secondary N) is 2. The fourth-order valence-corrected chi connectivity index (χ4v) is 2.96.